The van der Waals surface area contributed by atoms with E-state index in [-0.39, 0.29) is 66.2 Å². The van der Waals surface area contributed by atoms with Crippen LogP contribution in [0.15, 0.2) is 23.3 Å². The molecule has 8 heteroatoms. The molecule has 0 bridgehead atoms. The number of carbonyl (C=O) groups excluding carboxylic acids is 2. The Balaban J connectivity index is 1.32. The number of ether oxygens (including phenoxy) is 2. The second kappa shape index (κ2) is 7.96. The number of aliphatic hydroxyl groups excluding tert-OH is 4. The molecular weight excluding hydrogens is 464 g/mol. The van der Waals surface area contributed by atoms with Crippen LogP contribution < -0.4 is 0 Å². The number of hydrogen-bond acceptors (Lipinski definition) is 8. The quantitative estimate of drug-likeness (QED) is 0.334. The smallest absolute Gasteiger partial charge is 0.336 e. The van der Waals surface area contributed by atoms with E-state index in [2.05, 4.69) is 13.8 Å². The minimum absolute atomic E-state index is 0.0112. The Labute approximate surface area is 211 Å². The minimum atomic E-state index is -1.18. The van der Waals surface area contributed by atoms with Crippen molar-refractivity contribution in [2.75, 3.05) is 13.2 Å². The van der Waals surface area contributed by atoms with Gasteiger partial charge in [-0.25, -0.2) is 4.79 Å². The highest BCUT2D eigenvalue weighted by Crippen LogP contribution is 2.73. The molecule has 2 aliphatic heterocycles. The monoisotopic (exact) mass is 502 g/mol. The first kappa shape index (κ1) is 24.7. The molecule has 12 atom stereocenters. The molecule has 0 radical (unpaired) electrons. The Bertz CT molecular complexity index is 1050. The summed E-state index contributed by atoms with van der Waals surface area (Å²) in [6.45, 7) is 5.50. The summed E-state index contributed by atoms with van der Waals surface area (Å²) in [4.78, 5) is 25.9. The van der Waals surface area contributed by atoms with Gasteiger partial charge in [-0.05, 0) is 79.8 Å². The van der Waals surface area contributed by atoms with Crippen molar-refractivity contribution in [2.24, 2.45) is 40.4 Å². The second-order valence-corrected chi connectivity index (χ2v) is 12.6. The Hall–Kier alpha value is -1.58. The Morgan fingerprint density at radius 2 is 1.94 bits per heavy atom. The summed E-state index contributed by atoms with van der Waals surface area (Å²) in [6, 6.07) is 0. The van der Waals surface area contributed by atoms with E-state index in [0.717, 1.165) is 12.0 Å². The van der Waals surface area contributed by atoms with Crippen molar-refractivity contribution in [3.63, 3.8) is 0 Å². The number of esters is 1. The van der Waals surface area contributed by atoms with Crippen LogP contribution >= 0.6 is 0 Å². The molecule has 4 aliphatic carbocycles. The van der Waals surface area contributed by atoms with Crippen LogP contribution in [0.4, 0.5) is 0 Å². The van der Waals surface area contributed by atoms with Crippen LogP contribution in [-0.4, -0.2) is 75.4 Å². The highest BCUT2D eigenvalue weighted by Gasteiger charge is 2.82. The molecule has 6 rings (SSSR count). The maximum Gasteiger partial charge on any atom is 0.336 e. The minimum Gasteiger partial charge on any atom is -0.458 e. The maximum absolute atomic E-state index is 13.4. The number of allylic oxidation sites excluding steroid dienone is 1. The first-order chi connectivity index (χ1) is 17.1. The van der Waals surface area contributed by atoms with Crippen LogP contribution in [0.5, 0.6) is 0 Å². The number of cyclic esters (lactones) is 1. The molecular formula is C28H38O8. The Morgan fingerprint density at radius 3 is 2.61 bits per heavy atom. The van der Waals surface area contributed by atoms with Gasteiger partial charge in [-0.3, -0.25) is 4.79 Å². The molecule has 1 saturated heterocycles. The van der Waals surface area contributed by atoms with Gasteiger partial charge in [0.1, 0.15) is 17.8 Å². The number of hydrogen-bond donors (Lipinski definition) is 4. The van der Waals surface area contributed by atoms with E-state index in [4.69, 9.17) is 9.47 Å². The summed E-state index contributed by atoms with van der Waals surface area (Å²) in [5.74, 6) is -0.771. The maximum atomic E-state index is 13.4. The molecule has 0 amide bonds. The fourth-order valence-electron chi connectivity index (χ4n) is 9.80. The zero-order valence-corrected chi connectivity index (χ0v) is 21.2. The third-order valence-electron chi connectivity index (χ3n) is 11.5. The number of fused-ring (bicyclic) bond motifs is 4. The van der Waals surface area contributed by atoms with Crippen LogP contribution in [-0.2, 0) is 19.1 Å². The molecule has 4 fully saturated rings. The van der Waals surface area contributed by atoms with Gasteiger partial charge >= 0.3 is 5.97 Å². The molecule has 3 saturated carbocycles. The molecule has 198 valence electrons. The van der Waals surface area contributed by atoms with Crippen molar-refractivity contribution >= 4 is 11.8 Å². The summed E-state index contributed by atoms with van der Waals surface area (Å²) in [5, 5.41) is 42.6. The average molecular weight is 503 g/mol. The van der Waals surface area contributed by atoms with Crippen LogP contribution in [0.3, 0.4) is 0 Å². The van der Waals surface area contributed by atoms with Crippen molar-refractivity contribution in [1.29, 1.82) is 0 Å². The summed E-state index contributed by atoms with van der Waals surface area (Å²) in [6.07, 6.45) is 4.08. The first-order valence-corrected chi connectivity index (χ1v) is 13.4. The second-order valence-electron chi connectivity index (χ2n) is 12.6. The van der Waals surface area contributed by atoms with Crippen LogP contribution in [0.25, 0.3) is 0 Å². The first-order valence-electron chi connectivity index (χ1n) is 13.4. The Morgan fingerprint density at radius 1 is 1.19 bits per heavy atom. The van der Waals surface area contributed by atoms with E-state index < -0.39 is 29.2 Å². The lowest BCUT2D eigenvalue weighted by molar-refractivity contribution is -0.168. The SMILES string of the molecule is CC1=C(CO)C(=O)OC(C(C)[C@H]2C[C@H](O)[C@H]3[C@@H]4C[C@H]5O[C@]56[C@@H](O)C=CC(=O)[C@]6(CO)[C@H]4CC[C@@]32C)C1. The third-order valence-corrected chi connectivity index (χ3v) is 11.5. The molecule has 0 aromatic rings. The van der Waals surface area contributed by atoms with Gasteiger partial charge in [0, 0.05) is 6.42 Å². The van der Waals surface area contributed by atoms with Crippen molar-refractivity contribution in [3.05, 3.63) is 23.3 Å². The zero-order chi connectivity index (χ0) is 25.8. The molecule has 0 aromatic heterocycles. The molecule has 4 N–H and O–H groups in total. The van der Waals surface area contributed by atoms with Crippen LogP contribution in [0.2, 0.25) is 0 Å². The van der Waals surface area contributed by atoms with E-state index in [1.807, 2.05) is 6.92 Å². The van der Waals surface area contributed by atoms with Crippen molar-refractivity contribution < 1.29 is 39.5 Å². The predicted molar refractivity (Wildman–Crippen MR) is 127 cm³/mol. The van der Waals surface area contributed by atoms with Crippen molar-refractivity contribution in [1.82, 2.24) is 0 Å². The standard InChI is InChI=1S/C28H38O8/c1-13-8-20(35-25(34)16(13)11-29)14(2)18-10-19(31)24-15-9-23-28(36-23)22(33)5-4-21(32)27(28,12-30)17(15)6-7-26(18,24)3/h4-5,14-15,17-20,22-24,29-31,33H,6-12H2,1-3H3/t14?,15-,17+,18-,19+,20?,22+,23-,24-,26-,27+,28-/m1/s1. The van der Waals surface area contributed by atoms with Gasteiger partial charge in [0.05, 0.1) is 36.4 Å². The number of aliphatic hydroxyl groups is 4. The van der Waals surface area contributed by atoms with Gasteiger partial charge in [0.2, 0.25) is 0 Å². The lowest BCUT2D eigenvalue weighted by Crippen LogP contribution is -2.67. The number of carbonyl (C=O) groups is 2. The van der Waals surface area contributed by atoms with Gasteiger partial charge in [-0.2, -0.15) is 0 Å². The molecule has 0 aromatic carbocycles. The summed E-state index contributed by atoms with van der Waals surface area (Å²) in [5.41, 5.74) is -1.26. The number of rotatable bonds is 4. The van der Waals surface area contributed by atoms with Gasteiger partial charge < -0.3 is 29.9 Å². The average Bonchev–Trinajstić information content (AvgIpc) is 3.50. The lowest BCUT2D eigenvalue weighted by Gasteiger charge is -2.58. The van der Waals surface area contributed by atoms with Crippen molar-refractivity contribution in [2.45, 2.75) is 82.9 Å². The van der Waals surface area contributed by atoms with Crippen molar-refractivity contribution in [3.8, 4) is 0 Å². The normalized spacial score (nSPS) is 52.2. The molecule has 1 spiro atoms. The third kappa shape index (κ3) is 2.83. The van der Waals surface area contributed by atoms with Gasteiger partial charge in [-0.15, -0.1) is 0 Å². The van der Waals surface area contributed by atoms with E-state index in [1.165, 1.54) is 12.2 Å². The topological polar surface area (TPSA) is 137 Å². The Kier molecular flexibility index (Phi) is 5.47. The highest BCUT2D eigenvalue weighted by atomic mass is 16.6. The highest BCUT2D eigenvalue weighted by molar-refractivity contribution is 5.98. The van der Waals surface area contributed by atoms with E-state index >= 15 is 0 Å². The van der Waals surface area contributed by atoms with Gasteiger partial charge in [-0.1, -0.05) is 19.4 Å². The molecule has 2 heterocycles. The summed E-state index contributed by atoms with van der Waals surface area (Å²) < 4.78 is 11.9. The summed E-state index contributed by atoms with van der Waals surface area (Å²) in [7, 11) is 0. The zero-order valence-electron chi connectivity index (χ0n) is 21.2. The fourth-order valence-corrected chi connectivity index (χ4v) is 9.80. The van der Waals surface area contributed by atoms with Crippen LogP contribution in [0, 0.1) is 40.4 Å². The fraction of sp³-hybridized carbons (Fsp3) is 0.786. The summed E-state index contributed by atoms with van der Waals surface area (Å²) >= 11 is 0. The molecule has 36 heavy (non-hydrogen) atoms. The molecule has 8 nitrogen and oxygen atoms in total. The predicted octanol–water partition coefficient (Wildman–Crippen LogP) is 1.30. The lowest BCUT2D eigenvalue weighted by atomic mass is 9.43. The van der Waals surface area contributed by atoms with Crippen LogP contribution in [0.1, 0.15) is 52.9 Å². The van der Waals surface area contributed by atoms with E-state index in [1.54, 1.807) is 0 Å². The van der Waals surface area contributed by atoms with Gasteiger partial charge in [0.25, 0.3) is 0 Å². The largest absolute Gasteiger partial charge is 0.458 e. The number of ketones is 1. The van der Waals surface area contributed by atoms with E-state index in [9.17, 15) is 30.0 Å². The van der Waals surface area contributed by atoms with E-state index in [0.29, 0.717) is 31.3 Å². The number of epoxide rings is 1. The van der Waals surface area contributed by atoms with Gasteiger partial charge in [0.15, 0.2) is 5.78 Å². The molecule has 6 aliphatic rings. The molecule has 2 unspecified atom stereocenters.